The van der Waals surface area contributed by atoms with Crippen molar-refractivity contribution in [1.82, 2.24) is 0 Å². The van der Waals surface area contributed by atoms with Gasteiger partial charge in [-0.05, 0) is 36.8 Å². The topological polar surface area (TPSA) is 40.5 Å². The summed E-state index contributed by atoms with van der Waals surface area (Å²) >= 11 is 0. The van der Waals surface area contributed by atoms with Gasteiger partial charge < -0.3 is 10.2 Å². The molecule has 0 radical (unpaired) electrons. The van der Waals surface area contributed by atoms with E-state index in [1.165, 1.54) is 11.1 Å². The van der Waals surface area contributed by atoms with Crippen LogP contribution in [0.2, 0.25) is 0 Å². The van der Waals surface area contributed by atoms with E-state index in [0.29, 0.717) is 12.3 Å². The molecule has 2 heteroatoms. The molecule has 0 heterocycles. The molecule has 0 spiro atoms. The number of aliphatic hydroxyl groups excluding tert-OH is 2. The van der Waals surface area contributed by atoms with Crippen LogP contribution in [-0.2, 0) is 6.42 Å². The zero-order chi connectivity index (χ0) is 10.1. The minimum atomic E-state index is -0.622. The third kappa shape index (κ3) is 1.68. The Morgan fingerprint density at radius 1 is 1.36 bits per heavy atom. The number of hydrogen-bond acceptors (Lipinski definition) is 2. The number of fused-ring (bicyclic) bond motifs is 1. The predicted octanol–water partition coefficient (Wildman–Crippen LogP) is 1.46. The molecule has 1 aromatic carbocycles. The van der Waals surface area contributed by atoms with Crippen molar-refractivity contribution in [2.45, 2.75) is 37.9 Å². The summed E-state index contributed by atoms with van der Waals surface area (Å²) in [6, 6.07) is 8.30. The number of hydrogen-bond donors (Lipinski definition) is 2. The van der Waals surface area contributed by atoms with Gasteiger partial charge in [0.15, 0.2) is 0 Å². The monoisotopic (exact) mass is 192 g/mol. The van der Waals surface area contributed by atoms with Gasteiger partial charge in [0.1, 0.15) is 0 Å². The Morgan fingerprint density at radius 2 is 2.07 bits per heavy atom. The maximum Gasteiger partial charge on any atom is 0.0802 e. The number of benzene rings is 1. The molecule has 1 aliphatic rings. The second-order valence-electron chi connectivity index (χ2n) is 4.14. The molecule has 3 unspecified atom stereocenters. The van der Waals surface area contributed by atoms with Crippen LogP contribution in [0.15, 0.2) is 24.3 Å². The van der Waals surface area contributed by atoms with Crippen LogP contribution in [0.4, 0.5) is 0 Å². The van der Waals surface area contributed by atoms with Gasteiger partial charge in [-0.1, -0.05) is 24.3 Å². The molecule has 2 nitrogen and oxygen atoms in total. The lowest BCUT2D eigenvalue weighted by atomic mass is 9.74. The van der Waals surface area contributed by atoms with Gasteiger partial charge in [0.2, 0.25) is 0 Å². The molecule has 0 bridgehead atoms. The first kappa shape index (κ1) is 9.69. The molecule has 0 aliphatic heterocycles. The second-order valence-corrected chi connectivity index (χ2v) is 4.14. The first-order valence-corrected chi connectivity index (χ1v) is 5.12. The summed E-state index contributed by atoms with van der Waals surface area (Å²) in [7, 11) is 0. The Kier molecular flexibility index (Phi) is 2.57. The van der Waals surface area contributed by atoms with Gasteiger partial charge in [-0.15, -0.1) is 0 Å². The lowest BCUT2D eigenvalue weighted by Gasteiger charge is -2.32. The van der Waals surface area contributed by atoms with E-state index in [-0.39, 0.29) is 0 Å². The normalized spacial score (nSPS) is 23.5. The number of aliphatic hydroxyl groups is 2. The first-order valence-electron chi connectivity index (χ1n) is 5.12. The molecule has 1 aliphatic carbocycles. The van der Waals surface area contributed by atoms with Gasteiger partial charge in [-0.3, -0.25) is 0 Å². The van der Waals surface area contributed by atoms with Crippen LogP contribution in [0.1, 0.15) is 30.4 Å². The molecule has 0 aromatic heterocycles. The highest BCUT2D eigenvalue weighted by Gasteiger charge is 2.28. The summed E-state index contributed by atoms with van der Waals surface area (Å²) in [5.41, 5.74) is 2.72. The van der Waals surface area contributed by atoms with Gasteiger partial charge in [0, 0.05) is 0 Å². The van der Waals surface area contributed by atoms with Crippen molar-refractivity contribution in [3.05, 3.63) is 35.4 Å². The molecule has 76 valence electrons. The second kappa shape index (κ2) is 3.71. The lowest BCUT2D eigenvalue weighted by Crippen LogP contribution is -2.28. The Labute approximate surface area is 84.2 Å². The predicted molar refractivity (Wildman–Crippen MR) is 55.2 cm³/mol. The van der Waals surface area contributed by atoms with Crippen LogP contribution in [0.5, 0.6) is 0 Å². The van der Waals surface area contributed by atoms with Crippen molar-refractivity contribution in [2.75, 3.05) is 0 Å². The SMILES string of the molecule is CC(O)C(O)CC1Cc2ccccc21. The zero-order valence-electron chi connectivity index (χ0n) is 8.35. The van der Waals surface area contributed by atoms with Gasteiger partial charge in [0.25, 0.3) is 0 Å². The van der Waals surface area contributed by atoms with Gasteiger partial charge in [-0.2, -0.15) is 0 Å². The van der Waals surface area contributed by atoms with Crippen LogP contribution < -0.4 is 0 Å². The van der Waals surface area contributed by atoms with Gasteiger partial charge >= 0.3 is 0 Å². The standard InChI is InChI=1S/C12H16O2/c1-8(13)12(14)7-10-6-9-4-2-3-5-11(9)10/h2-5,8,10,12-14H,6-7H2,1H3. The van der Waals surface area contributed by atoms with Crippen molar-refractivity contribution >= 4 is 0 Å². The van der Waals surface area contributed by atoms with Crippen molar-refractivity contribution in [3.63, 3.8) is 0 Å². The fraction of sp³-hybridized carbons (Fsp3) is 0.500. The van der Waals surface area contributed by atoms with Crippen molar-refractivity contribution in [3.8, 4) is 0 Å². The average Bonchev–Trinajstić information content (AvgIpc) is 2.13. The summed E-state index contributed by atoms with van der Waals surface area (Å²) in [6.07, 6.45) is 0.505. The van der Waals surface area contributed by atoms with Crippen molar-refractivity contribution < 1.29 is 10.2 Å². The third-order valence-corrected chi connectivity index (χ3v) is 3.04. The summed E-state index contributed by atoms with van der Waals surface area (Å²) in [5.74, 6) is 0.441. The van der Waals surface area contributed by atoms with Crippen LogP contribution in [0.25, 0.3) is 0 Å². The van der Waals surface area contributed by atoms with Gasteiger partial charge in [-0.25, -0.2) is 0 Å². The highest BCUT2D eigenvalue weighted by Crippen LogP contribution is 2.38. The molecule has 2 N–H and O–H groups in total. The van der Waals surface area contributed by atoms with E-state index in [2.05, 4.69) is 12.1 Å². The van der Waals surface area contributed by atoms with Gasteiger partial charge in [0.05, 0.1) is 12.2 Å². The summed E-state index contributed by atoms with van der Waals surface area (Å²) in [5, 5.41) is 18.7. The first-order chi connectivity index (χ1) is 6.68. The third-order valence-electron chi connectivity index (χ3n) is 3.04. The van der Waals surface area contributed by atoms with E-state index in [9.17, 15) is 10.2 Å². The molecule has 2 rings (SSSR count). The molecule has 3 atom stereocenters. The molecular formula is C12H16O2. The minimum Gasteiger partial charge on any atom is -0.391 e. The van der Waals surface area contributed by atoms with Crippen molar-refractivity contribution in [2.24, 2.45) is 0 Å². The lowest BCUT2D eigenvalue weighted by molar-refractivity contribution is 0.0204. The van der Waals surface area contributed by atoms with Crippen molar-refractivity contribution in [1.29, 1.82) is 0 Å². The molecule has 0 saturated heterocycles. The summed E-state index contributed by atoms with van der Waals surface area (Å²) < 4.78 is 0. The summed E-state index contributed by atoms with van der Waals surface area (Å²) in [4.78, 5) is 0. The quantitative estimate of drug-likeness (QED) is 0.761. The zero-order valence-corrected chi connectivity index (χ0v) is 8.35. The van der Waals surface area contributed by atoms with E-state index < -0.39 is 12.2 Å². The number of rotatable bonds is 3. The highest BCUT2D eigenvalue weighted by molar-refractivity contribution is 5.39. The maximum absolute atomic E-state index is 9.54. The maximum atomic E-state index is 9.54. The molecule has 0 saturated carbocycles. The van der Waals surface area contributed by atoms with Crippen LogP contribution in [0.3, 0.4) is 0 Å². The highest BCUT2D eigenvalue weighted by atomic mass is 16.3. The Balaban J connectivity index is 1.99. The largest absolute Gasteiger partial charge is 0.391 e. The minimum absolute atomic E-state index is 0.441. The fourth-order valence-corrected chi connectivity index (χ4v) is 2.06. The smallest absolute Gasteiger partial charge is 0.0802 e. The van der Waals surface area contributed by atoms with Crippen LogP contribution >= 0.6 is 0 Å². The van der Waals surface area contributed by atoms with E-state index in [1.807, 2.05) is 12.1 Å². The Bertz CT molecular complexity index is 320. The Hall–Kier alpha value is -0.860. The molecule has 1 aromatic rings. The van der Waals surface area contributed by atoms with Crippen LogP contribution in [-0.4, -0.2) is 22.4 Å². The average molecular weight is 192 g/mol. The Morgan fingerprint density at radius 3 is 2.71 bits per heavy atom. The molecule has 14 heavy (non-hydrogen) atoms. The van der Waals surface area contributed by atoms with E-state index >= 15 is 0 Å². The van der Waals surface area contributed by atoms with E-state index in [4.69, 9.17) is 0 Å². The molecular weight excluding hydrogens is 176 g/mol. The van der Waals surface area contributed by atoms with E-state index in [0.717, 1.165) is 6.42 Å². The fourth-order valence-electron chi connectivity index (χ4n) is 2.06. The van der Waals surface area contributed by atoms with E-state index in [1.54, 1.807) is 6.92 Å². The molecule has 0 amide bonds. The van der Waals surface area contributed by atoms with Crippen LogP contribution in [0, 0.1) is 0 Å². The molecule has 0 fully saturated rings. The summed E-state index contributed by atoms with van der Waals surface area (Å²) in [6.45, 7) is 1.63.